The van der Waals surface area contributed by atoms with Crippen molar-refractivity contribution in [2.45, 2.75) is 51.1 Å². The largest absolute Gasteiger partial charge is 0.352 e. The first-order valence-corrected chi connectivity index (χ1v) is 7.91. The third-order valence-electron chi connectivity index (χ3n) is 4.31. The minimum atomic E-state index is -0.261. The molecule has 0 saturated heterocycles. The van der Waals surface area contributed by atoms with Crippen molar-refractivity contribution in [2.24, 2.45) is 5.73 Å². The predicted molar refractivity (Wildman–Crippen MR) is 86.3 cm³/mol. The molecule has 0 atom stereocenters. The summed E-state index contributed by atoms with van der Waals surface area (Å²) in [7, 11) is 0. The molecule has 1 aromatic rings. The van der Waals surface area contributed by atoms with Crippen LogP contribution in [0.1, 0.15) is 54.9 Å². The molecule has 0 unspecified atom stereocenters. The smallest absolute Gasteiger partial charge is 0.251 e. The van der Waals surface area contributed by atoms with E-state index >= 15 is 0 Å². The zero-order valence-corrected chi connectivity index (χ0v) is 13.2. The van der Waals surface area contributed by atoms with Crippen LogP contribution in [0.15, 0.2) is 24.3 Å². The second-order valence-electron chi connectivity index (χ2n) is 6.11. The molecule has 1 aliphatic rings. The number of hydrogen-bond donors (Lipinski definition) is 3. The second kappa shape index (κ2) is 7.40. The van der Waals surface area contributed by atoms with Gasteiger partial charge in [0.05, 0.1) is 5.54 Å². The minimum Gasteiger partial charge on any atom is -0.352 e. The molecule has 1 aromatic carbocycles. The molecule has 0 heterocycles. The molecule has 22 heavy (non-hydrogen) atoms. The van der Waals surface area contributed by atoms with E-state index in [1.807, 2.05) is 18.2 Å². The van der Waals surface area contributed by atoms with E-state index in [-0.39, 0.29) is 17.4 Å². The van der Waals surface area contributed by atoms with Gasteiger partial charge in [0.15, 0.2) is 0 Å². The van der Waals surface area contributed by atoms with E-state index in [2.05, 4.69) is 10.6 Å². The summed E-state index contributed by atoms with van der Waals surface area (Å²) >= 11 is 0. The van der Waals surface area contributed by atoms with Crippen LogP contribution in [-0.2, 0) is 11.3 Å². The molecule has 1 fully saturated rings. The van der Waals surface area contributed by atoms with Crippen LogP contribution in [0.25, 0.3) is 0 Å². The average molecular weight is 303 g/mol. The zero-order valence-electron chi connectivity index (χ0n) is 13.2. The summed E-state index contributed by atoms with van der Waals surface area (Å²) in [6, 6.07) is 7.34. The van der Waals surface area contributed by atoms with E-state index in [1.54, 1.807) is 6.07 Å². The Morgan fingerprint density at radius 3 is 2.59 bits per heavy atom. The monoisotopic (exact) mass is 303 g/mol. The standard InChI is InChI=1S/C17H25N3O2/c1-13(21)19-11-14-6-5-7-15(10-14)16(22)20-17(12-18)8-3-2-4-9-17/h5-7,10H,2-4,8-9,11-12,18H2,1H3,(H,19,21)(H,20,22). The molecule has 120 valence electrons. The predicted octanol–water partition coefficient (Wildman–Crippen LogP) is 1.71. The Balaban J connectivity index is 2.05. The summed E-state index contributed by atoms with van der Waals surface area (Å²) in [6.07, 6.45) is 5.32. The highest BCUT2D eigenvalue weighted by Crippen LogP contribution is 2.27. The fourth-order valence-corrected chi connectivity index (χ4v) is 2.97. The minimum absolute atomic E-state index is 0.0841. The van der Waals surface area contributed by atoms with Crippen molar-refractivity contribution in [2.75, 3.05) is 6.54 Å². The molecule has 2 amide bonds. The van der Waals surface area contributed by atoms with Gasteiger partial charge in [0.25, 0.3) is 5.91 Å². The van der Waals surface area contributed by atoms with Crippen LogP contribution in [0.3, 0.4) is 0 Å². The molecule has 2 rings (SSSR count). The molecule has 1 aliphatic carbocycles. The number of rotatable bonds is 5. The first-order valence-electron chi connectivity index (χ1n) is 7.91. The van der Waals surface area contributed by atoms with E-state index < -0.39 is 0 Å². The first kappa shape index (κ1) is 16.5. The SMILES string of the molecule is CC(=O)NCc1cccc(C(=O)NC2(CN)CCCCC2)c1. The maximum atomic E-state index is 12.5. The Morgan fingerprint density at radius 2 is 1.95 bits per heavy atom. The Morgan fingerprint density at radius 1 is 1.23 bits per heavy atom. The molecule has 0 spiro atoms. The second-order valence-corrected chi connectivity index (χ2v) is 6.11. The van der Waals surface area contributed by atoms with Gasteiger partial charge >= 0.3 is 0 Å². The van der Waals surface area contributed by atoms with E-state index in [1.165, 1.54) is 13.3 Å². The molecular weight excluding hydrogens is 278 g/mol. The summed E-state index contributed by atoms with van der Waals surface area (Å²) < 4.78 is 0. The molecule has 4 N–H and O–H groups in total. The van der Waals surface area contributed by atoms with Crippen LogP contribution in [0, 0.1) is 0 Å². The summed E-state index contributed by atoms with van der Waals surface area (Å²) in [5.74, 6) is -0.170. The van der Waals surface area contributed by atoms with Crippen LogP contribution in [-0.4, -0.2) is 23.9 Å². The van der Waals surface area contributed by atoms with Crippen molar-refractivity contribution in [1.82, 2.24) is 10.6 Å². The Bertz CT molecular complexity index is 536. The van der Waals surface area contributed by atoms with E-state index in [0.29, 0.717) is 18.7 Å². The fourth-order valence-electron chi connectivity index (χ4n) is 2.97. The van der Waals surface area contributed by atoms with Gasteiger partial charge in [-0.1, -0.05) is 31.4 Å². The summed E-state index contributed by atoms with van der Waals surface area (Å²) in [4.78, 5) is 23.5. The van der Waals surface area contributed by atoms with Crippen LogP contribution >= 0.6 is 0 Å². The summed E-state index contributed by atoms with van der Waals surface area (Å²) in [6.45, 7) is 2.38. The molecule has 0 aliphatic heterocycles. The molecule has 0 aromatic heterocycles. The van der Waals surface area contributed by atoms with Gasteiger partial charge in [-0.25, -0.2) is 0 Å². The molecule has 0 bridgehead atoms. The van der Waals surface area contributed by atoms with Crippen molar-refractivity contribution < 1.29 is 9.59 Å². The highest BCUT2D eigenvalue weighted by molar-refractivity contribution is 5.94. The Hall–Kier alpha value is -1.88. The third kappa shape index (κ3) is 4.31. The number of nitrogens with two attached hydrogens (primary N) is 1. The lowest BCUT2D eigenvalue weighted by atomic mass is 9.81. The van der Waals surface area contributed by atoms with E-state index in [4.69, 9.17) is 5.73 Å². The number of nitrogens with one attached hydrogen (secondary N) is 2. The quantitative estimate of drug-likeness (QED) is 0.774. The van der Waals surface area contributed by atoms with Gasteiger partial charge in [-0.3, -0.25) is 9.59 Å². The number of benzene rings is 1. The molecule has 0 radical (unpaired) electrons. The molecule has 5 heteroatoms. The highest BCUT2D eigenvalue weighted by Gasteiger charge is 2.32. The van der Waals surface area contributed by atoms with Gasteiger partial charge in [-0.2, -0.15) is 0 Å². The number of carbonyl (C=O) groups is 2. The zero-order chi connectivity index (χ0) is 16.0. The van der Waals surface area contributed by atoms with Crippen molar-refractivity contribution >= 4 is 11.8 Å². The van der Waals surface area contributed by atoms with Crippen LogP contribution in [0.5, 0.6) is 0 Å². The maximum absolute atomic E-state index is 12.5. The number of hydrogen-bond acceptors (Lipinski definition) is 3. The fraction of sp³-hybridized carbons (Fsp3) is 0.529. The lowest BCUT2D eigenvalue weighted by Crippen LogP contribution is -2.54. The van der Waals surface area contributed by atoms with Crippen LogP contribution < -0.4 is 16.4 Å². The summed E-state index contributed by atoms with van der Waals surface area (Å²) in [5.41, 5.74) is 7.18. The van der Waals surface area contributed by atoms with Crippen molar-refractivity contribution in [1.29, 1.82) is 0 Å². The van der Waals surface area contributed by atoms with Gasteiger partial charge in [-0.15, -0.1) is 0 Å². The molecule has 5 nitrogen and oxygen atoms in total. The Kier molecular flexibility index (Phi) is 5.55. The number of amides is 2. The van der Waals surface area contributed by atoms with Gasteiger partial charge < -0.3 is 16.4 Å². The van der Waals surface area contributed by atoms with Crippen LogP contribution in [0.2, 0.25) is 0 Å². The highest BCUT2D eigenvalue weighted by atomic mass is 16.2. The van der Waals surface area contributed by atoms with Gasteiger partial charge in [0, 0.05) is 25.6 Å². The number of carbonyl (C=O) groups excluding carboxylic acids is 2. The molecule has 1 saturated carbocycles. The van der Waals surface area contributed by atoms with E-state index in [0.717, 1.165) is 31.2 Å². The lowest BCUT2D eigenvalue weighted by molar-refractivity contribution is -0.119. The van der Waals surface area contributed by atoms with Gasteiger partial charge in [-0.05, 0) is 30.5 Å². The van der Waals surface area contributed by atoms with Crippen molar-refractivity contribution in [3.05, 3.63) is 35.4 Å². The van der Waals surface area contributed by atoms with E-state index in [9.17, 15) is 9.59 Å². The third-order valence-corrected chi connectivity index (χ3v) is 4.31. The Labute approximate surface area is 131 Å². The van der Waals surface area contributed by atoms with Gasteiger partial charge in [0.1, 0.15) is 0 Å². The molecular formula is C17H25N3O2. The first-order chi connectivity index (χ1) is 10.5. The lowest BCUT2D eigenvalue weighted by Gasteiger charge is -2.37. The topological polar surface area (TPSA) is 84.2 Å². The van der Waals surface area contributed by atoms with Crippen LogP contribution in [0.4, 0.5) is 0 Å². The average Bonchev–Trinajstić information content (AvgIpc) is 2.54. The maximum Gasteiger partial charge on any atom is 0.251 e. The normalized spacial score (nSPS) is 16.8. The van der Waals surface area contributed by atoms with Gasteiger partial charge in [0.2, 0.25) is 5.91 Å². The summed E-state index contributed by atoms with van der Waals surface area (Å²) in [5, 5.41) is 5.88. The van der Waals surface area contributed by atoms with Crippen molar-refractivity contribution in [3.63, 3.8) is 0 Å². The van der Waals surface area contributed by atoms with Crippen molar-refractivity contribution in [3.8, 4) is 0 Å².